The Hall–Kier alpha value is -1.35. The molecule has 2 fully saturated rings. The number of rotatable bonds is 3. The Labute approximate surface area is 122 Å². The molecule has 0 aromatic carbocycles. The van der Waals surface area contributed by atoms with E-state index in [9.17, 15) is 14.4 Å². The molecule has 8 nitrogen and oxygen atoms in total. The number of hydrogen-bond acceptors (Lipinski definition) is 8. The first kappa shape index (κ1) is 15.0. The van der Waals surface area contributed by atoms with Crippen molar-refractivity contribution in [1.29, 1.82) is 0 Å². The molecule has 0 aromatic rings. The number of carbonyl (C=O) groups excluding carboxylic acids is 3. The Balaban J connectivity index is 2.14. The molecule has 2 saturated heterocycles. The van der Waals surface area contributed by atoms with Gasteiger partial charge in [0.1, 0.15) is 12.7 Å². The maximum atomic E-state index is 11.2. The predicted molar refractivity (Wildman–Crippen MR) is 64.9 cm³/mol. The fraction of sp³-hybridized carbons (Fsp3) is 0.727. The highest BCUT2D eigenvalue weighted by Gasteiger charge is 2.55. The summed E-state index contributed by atoms with van der Waals surface area (Å²) in [7, 11) is 0. The smallest absolute Gasteiger partial charge is 0.463 e. The van der Waals surface area contributed by atoms with Crippen LogP contribution in [0.15, 0.2) is 0 Å². The maximum absolute atomic E-state index is 11.2. The monoisotopic (exact) mass is 352 g/mol. The molecule has 1 unspecified atom stereocenters. The highest BCUT2D eigenvalue weighted by Crippen LogP contribution is 2.35. The lowest BCUT2D eigenvalue weighted by molar-refractivity contribution is -0.199. The van der Waals surface area contributed by atoms with Gasteiger partial charge in [-0.05, 0) is 0 Å². The average Bonchev–Trinajstić information content (AvgIpc) is 2.72. The molecule has 112 valence electrons. The molecule has 2 aliphatic heterocycles. The predicted octanol–water partition coefficient (Wildman–Crippen LogP) is 0.505. The van der Waals surface area contributed by atoms with Crippen LogP contribution >= 0.6 is 15.9 Å². The van der Waals surface area contributed by atoms with Crippen molar-refractivity contribution in [2.24, 2.45) is 0 Å². The average molecular weight is 353 g/mol. The molecule has 0 saturated carbocycles. The van der Waals surface area contributed by atoms with Crippen LogP contribution in [0.5, 0.6) is 0 Å². The molecule has 0 aliphatic carbocycles. The van der Waals surface area contributed by atoms with Gasteiger partial charge in [0.05, 0.1) is 0 Å². The SMILES string of the molecule is CC(=O)OCC1O[C@@H](Br)[C@@H]2OC(=O)O[C@H]2[C@@H]1OC(C)=O. The second-order valence-electron chi connectivity index (χ2n) is 4.32. The topological polar surface area (TPSA) is 97.4 Å². The number of carbonyl (C=O) groups is 3. The zero-order valence-electron chi connectivity index (χ0n) is 10.7. The Morgan fingerprint density at radius 3 is 2.45 bits per heavy atom. The van der Waals surface area contributed by atoms with Crippen molar-refractivity contribution in [2.45, 2.75) is 43.3 Å². The quantitative estimate of drug-likeness (QED) is 0.411. The van der Waals surface area contributed by atoms with E-state index in [4.69, 9.17) is 23.7 Å². The Kier molecular flexibility index (Phi) is 4.48. The van der Waals surface area contributed by atoms with Crippen molar-refractivity contribution in [3.8, 4) is 0 Å². The first-order valence-electron chi connectivity index (χ1n) is 5.86. The summed E-state index contributed by atoms with van der Waals surface area (Å²) < 4.78 is 25.4. The Bertz CT molecular complexity index is 425. The first-order valence-corrected chi connectivity index (χ1v) is 6.77. The molecule has 20 heavy (non-hydrogen) atoms. The molecule has 0 amide bonds. The molecule has 0 aromatic heterocycles. The number of ether oxygens (including phenoxy) is 5. The summed E-state index contributed by atoms with van der Waals surface area (Å²) >= 11 is 3.20. The van der Waals surface area contributed by atoms with Crippen LogP contribution < -0.4 is 0 Å². The van der Waals surface area contributed by atoms with Gasteiger partial charge in [0.25, 0.3) is 0 Å². The summed E-state index contributed by atoms with van der Waals surface area (Å²) in [6.07, 6.45) is -4.08. The van der Waals surface area contributed by atoms with Gasteiger partial charge >= 0.3 is 18.1 Å². The van der Waals surface area contributed by atoms with Gasteiger partial charge in [-0.25, -0.2) is 4.79 Å². The molecule has 0 N–H and O–H groups in total. The molecule has 2 rings (SSSR count). The zero-order valence-corrected chi connectivity index (χ0v) is 12.3. The van der Waals surface area contributed by atoms with Gasteiger partial charge < -0.3 is 23.7 Å². The fourth-order valence-electron chi connectivity index (χ4n) is 2.04. The summed E-state index contributed by atoms with van der Waals surface area (Å²) in [4.78, 5) is 33.3. The van der Waals surface area contributed by atoms with Crippen molar-refractivity contribution < 1.29 is 38.1 Å². The second-order valence-corrected chi connectivity index (χ2v) is 5.22. The summed E-state index contributed by atoms with van der Waals surface area (Å²) in [6, 6.07) is 0. The number of hydrogen-bond donors (Lipinski definition) is 0. The van der Waals surface area contributed by atoms with Gasteiger partial charge in [0.15, 0.2) is 23.3 Å². The Morgan fingerprint density at radius 1 is 1.20 bits per heavy atom. The summed E-state index contributed by atoms with van der Waals surface area (Å²) in [6.45, 7) is 2.34. The molecule has 0 radical (unpaired) electrons. The van der Waals surface area contributed by atoms with E-state index < -0.39 is 47.5 Å². The third kappa shape index (κ3) is 3.21. The lowest BCUT2D eigenvalue weighted by Gasteiger charge is -2.38. The van der Waals surface area contributed by atoms with Crippen LogP contribution in [0.1, 0.15) is 13.8 Å². The molecule has 0 spiro atoms. The van der Waals surface area contributed by atoms with E-state index >= 15 is 0 Å². The summed E-state index contributed by atoms with van der Waals surface area (Å²) in [5, 5.41) is -0.647. The van der Waals surface area contributed by atoms with E-state index in [1.54, 1.807) is 0 Å². The van der Waals surface area contributed by atoms with E-state index in [1.807, 2.05) is 0 Å². The highest BCUT2D eigenvalue weighted by atomic mass is 79.9. The summed E-state index contributed by atoms with van der Waals surface area (Å²) in [5.74, 6) is -1.07. The standard InChI is InChI=1S/C11H13BrO8/c1-4(13)16-3-6-7(17-5(2)14)8-9(10(12)18-6)20-11(15)19-8/h6-10H,3H2,1-2H3/t6?,7-,8+,9-,10-/m1/s1. The lowest BCUT2D eigenvalue weighted by Crippen LogP contribution is -2.57. The summed E-state index contributed by atoms with van der Waals surface area (Å²) in [5.41, 5.74) is 0. The van der Waals surface area contributed by atoms with Crippen LogP contribution in [0.2, 0.25) is 0 Å². The van der Waals surface area contributed by atoms with Crippen molar-refractivity contribution in [1.82, 2.24) is 0 Å². The van der Waals surface area contributed by atoms with Crippen molar-refractivity contribution in [3.05, 3.63) is 0 Å². The zero-order chi connectivity index (χ0) is 14.9. The molecule has 0 bridgehead atoms. The van der Waals surface area contributed by atoms with E-state index in [2.05, 4.69) is 15.9 Å². The minimum absolute atomic E-state index is 0.129. The van der Waals surface area contributed by atoms with Gasteiger partial charge in [0, 0.05) is 13.8 Å². The van der Waals surface area contributed by atoms with Crippen LogP contribution in [0.4, 0.5) is 4.79 Å². The van der Waals surface area contributed by atoms with E-state index in [1.165, 1.54) is 13.8 Å². The van der Waals surface area contributed by atoms with Crippen LogP contribution in [-0.4, -0.2) is 54.1 Å². The highest BCUT2D eigenvalue weighted by molar-refractivity contribution is 9.09. The normalized spacial score (nSPS) is 35.5. The number of esters is 2. The third-order valence-electron chi connectivity index (χ3n) is 2.79. The fourth-order valence-corrected chi connectivity index (χ4v) is 2.73. The van der Waals surface area contributed by atoms with Gasteiger partial charge in [-0.3, -0.25) is 9.59 Å². The van der Waals surface area contributed by atoms with Crippen LogP contribution in [0.25, 0.3) is 0 Å². The van der Waals surface area contributed by atoms with Gasteiger partial charge in [-0.2, -0.15) is 0 Å². The van der Waals surface area contributed by atoms with Crippen molar-refractivity contribution in [2.75, 3.05) is 6.61 Å². The van der Waals surface area contributed by atoms with E-state index in [-0.39, 0.29) is 6.61 Å². The van der Waals surface area contributed by atoms with Gasteiger partial charge in [0.2, 0.25) is 0 Å². The number of fused-ring (bicyclic) bond motifs is 1. The molecular formula is C11H13BrO8. The van der Waals surface area contributed by atoms with Crippen LogP contribution in [-0.2, 0) is 33.3 Å². The van der Waals surface area contributed by atoms with Crippen molar-refractivity contribution >= 4 is 34.0 Å². The van der Waals surface area contributed by atoms with Crippen LogP contribution in [0, 0.1) is 0 Å². The third-order valence-corrected chi connectivity index (χ3v) is 3.53. The minimum Gasteiger partial charge on any atom is -0.463 e. The van der Waals surface area contributed by atoms with E-state index in [0.29, 0.717) is 0 Å². The molecule has 5 atom stereocenters. The molecule has 2 aliphatic rings. The Morgan fingerprint density at radius 2 is 1.85 bits per heavy atom. The van der Waals surface area contributed by atoms with E-state index in [0.717, 1.165) is 0 Å². The minimum atomic E-state index is -0.905. The molecule has 2 heterocycles. The molecular weight excluding hydrogens is 340 g/mol. The van der Waals surface area contributed by atoms with Crippen molar-refractivity contribution in [3.63, 3.8) is 0 Å². The lowest BCUT2D eigenvalue weighted by atomic mass is 10.0. The largest absolute Gasteiger partial charge is 0.509 e. The second kappa shape index (κ2) is 5.96. The number of alkyl halides is 1. The van der Waals surface area contributed by atoms with Crippen LogP contribution in [0.3, 0.4) is 0 Å². The van der Waals surface area contributed by atoms with Gasteiger partial charge in [-0.15, -0.1) is 0 Å². The van der Waals surface area contributed by atoms with Gasteiger partial charge in [-0.1, -0.05) is 15.9 Å². The maximum Gasteiger partial charge on any atom is 0.509 e. The molecule has 9 heteroatoms. The number of halogens is 1. The first-order chi connectivity index (χ1) is 9.38.